The number of H-pyrrole nitrogens is 1. The van der Waals surface area contributed by atoms with E-state index in [9.17, 15) is 0 Å². The minimum atomic E-state index is 0.730. The predicted molar refractivity (Wildman–Crippen MR) is 47.4 cm³/mol. The van der Waals surface area contributed by atoms with Crippen LogP contribution in [0.15, 0.2) is 18.3 Å². The summed E-state index contributed by atoms with van der Waals surface area (Å²) >= 11 is 4.87. The Balaban J connectivity index is 2.59. The quantitative estimate of drug-likeness (QED) is 0.703. The van der Waals surface area contributed by atoms with E-state index >= 15 is 0 Å². The lowest BCUT2D eigenvalue weighted by atomic mass is 10.4. The Bertz CT molecular complexity index is 249. The van der Waals surface area contributed by atoms with Gasteiger partial charge >= 0.3 is 0 Å². The highest BCUT2D eigenvalue weighted by atomic mass is 32.1. The summed E-state index contributed by atoms with van der Waals surface area (Å²) in [7, 11) is 0. The van der Waals surface area contributed by atoms with Gasteiger partial charge in [0.1, 0.15) is 10.4 Å². The lowest BCUT2D eigenvalue weighted by Crippen LogP contribution is -1.94. The molecule has 0 fully saturated rings. The first kappa shape index (κ1) is 8.27. The van der Waals surface area contributed by atoms with Crippen molar-refractivity contribution in [2.24, 2.45) is 0 Å². The van der Waals surface area contributed by atoms with E-state index in [0.29, 0.717) is 0 Å². The normalized spacial score (nSPS) is 9.55. The number of aromatic amines is 1. The fraction of sp³-hybridized carbons (Fsp3) is 0.375. The van der Waals surface area contributed by atoms with E-state index in [0.717, 1.165) is 23.4 Å². The molecule has 0 unspecified atom stereocenters. The lowest BCUT2D eigenvalue weighted by molar-refractivity contribution is 0.316. The van der Waals surface area contributed by atoms with E-state index in [2.05, 4.69) is 11.9 Å². The first-order chi connectivity index (χ1) is 5.33. The molecule has 0 aliphatic heterocycles. The van der Waals surface area contributed by atoms with Gasteiger partial charge in [-0.15, -0.1) is 0 Å². The maximum absolute atomic E-state index is 5.33. The van der Waals surface area contributed by atoms with Gasteiger partial charge in [0.2, 0.25) is 0 Å². The van der Waals surface area contributed by atoms with Gasteiger partial charge in [-0.05, 0) is 18.6 Å². The van der Waals surface area contributed by atoms with Gasteiger partial charge in [0, 0.05) is 6.20 Å². The Labute approximate surface area is 71.2 Å². The van der Waals surface area contributed by atoms with Crippen molar-refractivity contribution in [2.45, 2.75) is 13.3 Å². The van der Waals surface area contributed by atoms with E-state index in [1.54, 1.807) is 6.20 Å². The van der Waals surface area contributed by atoms with Crippen LogP contribution in [0.25, 0.3) is 0 Å². The Kier molecular flexibility index (Phi) is 3.11. The van der Waals surface area contributed by atoms with E-state index in [4.69, 9.17) is 17.0 Å². The highest BCUT2D eigenvalue weighted by Gasteiger charge is 1.88. The van der Waals surface area contributed by atoms with Gasteiger partial charge < -0.3 is 9.72 Å². The summed E-state index contributed by atoms with van der Waals surface area (Å²) in [4.78, 5) is 2.90. The molecule has 0 spiro atoms. The standard InChI is InChI=1S/C8H11NOS/c1-2-5-10-7-3-4-8(11)9-6-7/h3-4,6H,2,5H2,1H3,(H,9,11). The van der Waals surface area contributed by atoms with Crippen molar-refractivity contribution in [1.82, 2.24) is 4.98 Å². The monoisotopic (exact) mass is 169 g/mol. The molecule has 0 atom stereocenters. The minimum absolute atomic E-state index is 0.730. The average Bonchev–Trinajstić information content (AvgIpc) is 2.04. The zero-order valence-corrected chi connectivity index (χ0v) is 7.28. The van der Waals surface area contributed by atoms with Gasteiger partial charge in [-0.3, -0.25) is 0 Å². The van der Waals surface area contributed by atoms with Crippen LogP contribution < -0.4 is 4.74 Å². The Morgan fingerprint density at radius 2 is 2.36 bits per heavy atom. The number of ether oxygens (including phenoxy) is 1. The summed E-state index contributed by atoms with van der Waals surface area (Å²) in [5, 5.41) is 0. The maximum atomic E-state index is 5.33. The Hall–Kier alpha value is -0.830. The second kappa shape index (κ2) is 4.13. The van der Waals surface area contributed by atoms with Gasteiger partial charge in [-0.2, -0.15) is 0 Å². The zero-order chi connectivity index (χ0) is 8.10. The van der Waals surface area contributed by atoms with E-state index in [1.807, 2.05) is 12.1 Å². The van der Waals surface area contributed by atoms with Crippen LogP contribution in [0, 0.1) is 4.64 Å². The second-order valence-electron chi connectivity index (χ2n) is 2.24. The molecule has 0 saturated heterocycles. The molecule has 0 bridgehead atoms. The third-order valence-electron chi connectivity index (χ3n) is 1.23. The molecule has 1 aromatic heterocycles. The van der Waals surface area contributed by atoms with E-state index in [1.165, 1.54) is 0 Å². The number of pyridine rings is 1. The van der Waals surface area contributed by atoms with Crippen LogP contribution in [0.2, 0.25) is 0 Å². The first-order valence-corrected chi connectivity index (χ1v) is 4.05. The van der Waals surface area contributed by atoms with Crippen LogP contribution in [-0.2, 0) is 0 Å². The molecule has 0 aliphatic carbocycles. The van der Waals surface area contributed by atoms with Crippen LogP contribution in [0.4, 0.5) is 0 Å². The van der Waals surface area contributed by atoms with E-state index in [-0.39, 0.29) is 0 Å². The SMILES string of the molecule is CCCOc1ccc(=S)[nH]c1. The zero-order valence-electron chi connectivity index (χ0n) is 6.46. The van der Waals surface area contributed by atoms with Gasteiger partial charge in [0.15, 0.2) is 0 Å². The smallest absolute Gasteiger partial charge is 0.135 e. The topological polar surface area (TPSA) is 25.0 Å². The van der Waals surface area contributed by atoms with Crippen molar-refractivity contribution in [3.63, 3.8) is 0 Å². The number of hydrogen-bond acceptors (Lipinski definition) is 2. The molecule has 3 heteroatoms. The van der Waals surface area contributed by atoms with Crippen molar-refractivity contribution in [1.29, 1.82) is 0 Å². The maximum Gasteiger partial charge on any atom is 0.135 e. The van der Waals surface area contributed by atoms with Crippen LogP contribution in [-0.4, -0.2) is 11.6 Å². The van der Waals surface area contributed by atoms with Crippen LogP contribution in [0.5, 0.6) is 5.75 Å². The molecule has 0 aliphatic rings. The molecule has 2 nitrogen and oxygen atoms in total. The summed E-state index contributed by atoms with van der Waals surface area (Å²) in [6.45, 7) is 2.83. The van der Waals surface area contributed by atoms with Gasteiger partial charge in [0.05, 0.1) is 6.61 Å². The summed E-state index contributed by atoms with van der Waals surface area (Å²) in [6, 6.07) is 3.69. The number of rotatable bonds is 3. The molecule has 1 N–H and O–H groups in total. The highest BCUT2D eigenvalue weighted by Crippen LogP contribution is 2.06. The van der Waals surface area contributed by atoms with Gasteiger partial charge in [0.25, 0.3) is 0 Å². The van der Waals surface area contributed by atoms with Crippen LogP contribution in [0.1, 0.15) is 13.3 Å². The third kappa shape index (κ3) is 2.72. The number of hydrogen-bond donors (Lipinski definition) is 1. The predicted octanol–water partition coefficient (Wildman–Crippen LogP) is 2.53. The summed E-state index contributed by atoms with van der Waals surface area (Å²) in [6.07, 6.45) is 2.80. The van der Waals surface area contributed by atoms with Crippen LogP contribution >= 0.6 is 12.2 Å². The average molecular weight is 169 g/mol. The number of aromatic nitrogens is 1. The summed E-state index contributed by atoms with van der Waals surface area (Å²) in [5.74, 6) is 0.848. The van der Waals surface area contributed by atoms with Crippen LogP contribution in [0.3, 0.4) is 0 Å². The van der Waals surface area contributed by atoms with Crippen molar-refractivity contribution in [3.8, 4) is 5.75 Å². The fourth-order valence-corrected chi connectivity index (χ4v) is 0.833. The first-order valence-electron chi connectivity index (χ1n) is 3.64. The molecule has 0 aromatic carbocycles. The molecule has 1 heterocycles. The Morgan fingerprint density at radius 1 is 1.55 bits per heavy atom. The molecule has 0 saturated carbocycles. The largest absolute Gasteiger partial charge is 0.492 e. The molecule has 1 aromatic rings. The molecular weight excluding hydrogens is 158 g/mol. The van der Waals surface area contributed by atoms with Gasteiger partial charge in [-0.25, -0.2) is 0 Å². The molecule has 0 amide bonds. The Morgan fingerprint density at radius 3 is 2.91 bits per heavy atom. The van der Waals surface area contributed by atoms with Crippen molar-refractivity contribution < 1.29 is 4.74 Å². The van der Waals surface area contributed by atoms with Crippen molar-refractivity contribution in [2.75, 3.05) is 6.61 Å². The molecular formula is C8H11NOS. The number of nitrogens with one attached hydrogen (secondary N) is 1. The summed E-state index contributed by atoms with van der Waals surface area (Å²) in [5.41, 5.74) is 0. The minimum Gasteiger partial charge on any atom is -0.492 e. The molecule has 0 radical (unpaired) electrons. The van der Waals surface area contributed by atoms with Crippen molar-refractivity contribution in [3.05, 3.63) is 23.0 Å². The molecule has 60 valence electrons. The highest BCUT2D eigenvalue weighted by molar-refractivity contribution is 7.71. The second-order valence-corrected chi connectivity index (χ2v) is 2.68. The van der Waals surface area contributed by atoms with E-state index < -0.39 is 0 Å². The fourth-order valence-electron chi connectivity index (χ4n) is 0.706. The van der Waals surface area contributed by atoms with Crippen molar-refractivity contribution >= 4 is 12.2 Å². The van der Waals surface area contributed by atoms with Gasteiger partial charge in [-0.1, -0.05) is 19.1 Å². The summed E-state index contributed by atoms with van der Waals surface area (Å²) < 4.78 is 6.06. The molecule has 1 rings (SSSR count). The molecule has 11 heavy (non-hydrogen) atoms. The lowest BCUT2D eigenvalue weighted by Gasteiger charge is -2.01. The third-order valence-corrected chi connectivity index (χ3v) is 1.48.